The fraction of sp³-hybridized carbons (Fsp3) is 0.500. The quantitative estimate of drug-likeness (QED) is 0.621. The Kier molecular flexibility index (Phi) is 2.13. The van der Waals surface area contributed by atoms with Gasteiger partial charge in [0.05, 0.1) is 15.4 Å². The van der Waals surface area contributed by atoms with E-state index in [2.05, 4.69) is 31.5 Å². The summed E-state index contributed by atoms with van der Waals surface area (Å²) in [6.07, 6.45) is 0. The van der Waals surface area contributed by atoms with Crippen molar-refractivity contribution in [3.8, 4) is 0 Å². The van der Waals surface area contributed by atoms with Gasteiger partial charge in [-0.05, 0) is 5.92 Å². The molecule has 0 aromatic carbocycles. The molecule has 0 N–H and O–H groups in total. The maximum Gasteiger partial charge on any atom is 0.0806 e. The van der Waals surface area contributed by atoms with Crippen molar-refractivity contribution >= 4 is 24.0 Å². The van der Waals surface area contributed by atoms with Crippen molar-refractivity contribution in [1.29, 1.82) is 0 Å². The molecule has 0 atom stereocenters. The lowest BCUT2D eigenvalue weighted by Gasteiger charge is -1.98. The molecule has 0 aliphatic rings. The highest BCUT2D eigenvalue weighted by atomic mass is 32.2. The van der Waals surface area contributed by atoms with Crippen LogP contribution in [0.5, 0.6) is 0 Å². The summed E-state index contributed by atoms with van der Waals surface area (Å²) in [6, 6.07) is 0. The first-order valence-electron chi connectivity index (χ1n) is 2.84. The number of thiazole rings is 1. The Morgan fingerprint density at radius 3 is 2.56 bits per heavy atom. The Labute approximate surface area is 64.5 Å². The van der Waals surface area contributed by atoms with Crippen molar-refractivity contribution in [1.82, 2.24) is 4.98 Å². The van der Waals surface area contributed by atoms with E-state index >= 15 is 0 Å². The summed E-state index contributed by atoms with van der Waals surface area (Å²) in [7, 11) is 0. The van der Waals surface area contributed by atoms with Gasteiger partial charge in [-0.2, -0.15) is 0 Å². The lowest BCUT2D eigenvalue weighted by atomic mass is 10.2. The van der Waals surface area contributed by atoms with Crippen LogP contribution < -0.4 is 0 Å². The summed E-state index contributed by atoms with van der Waals surface area (Å²) in [5.74, 6) is 0.503. The van der Waals surface area contributed by atoms with Crippen molar-refractivity contribution in [3.05, 3.63) is 11.2 Å². The van der Waals surface area contributed by atoms with E-state index < -0.39 is 0 Å². The van der Waals surface area contributed by atoms with Crippen molar-refractivity contribution in [2.24, 2.45) is 0 Å². The first kappa shape index (κ1) is 7.09. The van der Waals surface area contributed by atoms with E-state index in [0.717, 1.165) is 9.90 Å². The van der Waals surface area contributed by atoms with E-state index in [0.29, 0.717) is 5.92 Å². The number of nitrogens with zero attached hydrogens (tertiary/aromatic N) is 1. The zero-order valence-electron chi connectivity index (χ0n) is 5.46. The average molecular weight is 159 g/mol. The van der Waals surface area contributed by atoms with Gasteiger partial charge in [0.1, 0.15) is 0 Å². The molecule has 1 rings (SSSR count). The van der Waals surface area contributed by atoms with Crippen LogP contribution in [0.15, 0.2) is 9.72 Å². The van der Waals surface area contributed by atoms with Crippen LogP contribution in [-0.2, 0) is 0 Å². The summed E-state index contributed by atoms with van der Waals surface area (Å²) in [5.41, 5.74) is 2.95. The third-order valence-corrected chi connectivity index (χ3v) is 2.31. The largest absolute Gasteiger partial charge is 0.248 e. The molecule has 0 aliphatic carbocycles. The van der Waals surface area contributed by atoms with Gasteiger partial charge in [0.2, 0.25) is 0 Å². The van der Waals surface area contributed by atoms with Crippen LogP contribution >= 0.6 is 24.0 Å². The van der Waals surface area contributed by atoms with E-state index in [4.69, 9.17) is 0 Å². The van der Waals surface area contributed by atoms with Crippen molar-refractivity contribution in [2.45, 2.75) is 24.0 Å². The average Bonchev–Trinajstić information content (AvgIpc) is 2.13. The molecular weight excluding hydrogens is 150 g/mol. The van der Waals surface area contributed by atoms with Gasteiger partial charge in [0, 0.05) is 0 Å². The molecule has 0 radical (unpaired) electrons. The Bertz CT molecular complexity index is 193. The normalized spacial score (nSPS) is 10.7. The number of hydrogen-bond acceptors (Lipinski definition) is 3. The molecule has 0 aliphatic heterocycles. The van der Waals surface area contributed by atoms with Crippen LogP contribution in [0.25, 0.3) is 0 Å². The van der Waals surface area contributed by atoms with E-state index in [-0.39, 0.29) is 0 Å². The first-order chi connectivity index (χ1) is 4.22. The van der Waals surface area contributed by atoms with Gasteiger partial charge in [-0.15, -0.1) is 24.0 Å². The first-order valence-corrected chi connectivity index (χ1v) is 4.17. The van der Waals surface area contributed by atoms with Gasteiger partial charge in [-0.1, -0.05) is 13.8 Å². The molecule has 9 heavy (non-hydrogen) atoms. The van der Waals surface area contributed by atoms with Crippen LogP contribution in [0, 0.1) is 0 Å². The highest BCUT2D eigenvalue weighted by molar-refractivity contribution is 7.82. The fourth-order valence-electron chi connectivity index (χ4n) is 0.645. The lowest BCUT2D eigenvalue weighted by Crippen LogP contribution is -1.86. The molecule has 0 fully saturated rings. The summed E-state index contributed by atoms with van der Waals surface area (Å²) in [6.45, 7) is 4.24. The van der Waals surface area contributed by atoms with Crippen molar-refractivity contribution in [3.63, 3.8) is 0 Å². The highest BCUT2D eigenvalue weighted by Gasteiger charge is 2.04. The molecule has 0 unspecified atom stereocenters. The highest BCUT2D eigenvalue weighted by Crippen LogP contribution is 2.24. The number of thiol groups is 1. The molecule has 0 bridgehead atoms. The Balaban J connectivity index is 2.94. The second-order valence-corrected chi connectivity index (χ2v) is 3.80. The second kappa shape index (κ2) is 2.71. The summed E-state index contributed by atoms with van der Waals surface area (Å²) in [5, 5.41) is 0. The zero-order chi connectivity index (χ0) is 6.85. The molecule has 1 aromatic rings. The molecule has 0 amide bonds. The van der Waals surface area contributed by atoms with Crippen LogP contribution in [0.1, 0.15) is 25.5 Å². The molecular formula is C6H9NS2. The Hall–Kier alpha value is -0.0200. The smallest absolute Gasteiger partial charge is 0.0806 e. The third kappa shape index (κ3) is 1.46. The maximum atomic E-state index is 4.24. The van der Waals surface area contributed by atoms with E-state index in [1.165, 1.54) is 0 Å². The predicted molar refractivity (Wildman–Crippen MR) is 43.5 cm³/mol. The van der Waals surface area contributed by atoms with E-state index in [9.17, 15) is 0 Å². The molecule has 50 valence electrons. The lowest BCUT2D eigenvalue weighted by molar-refractivity contribution is 0.814. The molecule has 0 saturated heterocycles. The molecule has 1 heterocycles. The van der Waals surface area contributed by atoms with Gasteiger partial charge < -0.3 is 0 Å². The Morgan fingerprint density at radius 1 is 1.67 bits per heavy atom. The summed E-state index contributed by atoms with van der Waals surface area (Å²) < 4.78 is 1.05. The standard InChI is InChI=1S/C6H9NS2/c1-4(2)5-6(8)9-3-7-5/h3-4,8H,1-2H3. The third-order valence-electron chi connectivity index (χ3n) is 1.12. The monoisotopic (exact) mass is 159 g/mol. The van der Waals surface area contributed by atoms with Crippen LogP contribution in [0.3, 0.4) is 0 Å². The minimum atomic E-state index is 0.503. The Morgan fingerprint density at radius 2 is 2.33 bits per heavy atom. The molecule has 3 heteroatoms. The van der Waals surface area contributed by atoms with Crippen molar-refractivity contribution in [2.75, 3.05) is 0 Å². The van der Waals surface area contributed by atoms with Crippen LogP contribution in [0.2, 0.25) is 0 Å². The minimum absolute atomic E-state index is 0.503. The van der Waals surface area contributed by atoms with E-state index in [1.807, 2.05) is 5.51 Å². The molecule has 0 saturated carbocycles. The van der Waals surface area contributed by atoms with Gasteiger partial charge in [0.15, 0.2) is 0 Å². The molecule has 1 nitrogen and oxygen atoms in total. The van der Waals surface area contributed by atoms with Gasteiger partial charge in [-0.25, -0.2) is 4.98 Å². The predicted octanol–water partition coefficient (Wildman–Crippen LogP) is 2.56. The fourth-order valence-corrected chi connectivity index (χ4v) is 1.78. The minimum Gasteiger partial charge on any atom is -0.248 e. The van der Waals surface area contributed by atoms with Gasteiger partial charge >= 0.3 is 0 Å². The molecule has 0 spiro atoms. The second-order valence-electron chi connectivity index (χ2n) is 2.20. The maximum absolute atomic E-state index is 4.24. The van der Waals surface area contributed by atoms with Crippen molar-refractivity contribution < 1.29 is 0 Å². The number of rotatable bonds is 1. The number of hydrogen-bond donors (Lipinski definition) is 1. The number of aromatic nitrogens is 1. The van der Waals surface area contributed by atoms with Gasteiger partial charge in [0.25, 0.3) is 0 Å². The van der Waals surface area contributed by atoms with Crippen LogP contribution in [-0.4, -0.2) is 4.98 Å². The summed E-state index contributed by atoms with van der Waals surface area (Å²) >= 11 is 5.83. The topological polar surface area (TPSA) is 12.9 Å². The van der Waals surface area contributed by atoms with Gasteiger partial charge in [-0.3, -0.25) is 0 Å². The summed E-state index contributed by atoms with van der Waals surface area (Å²) in [4.78, 5) is 4.16. The SMILES string of the molecule is CC(C)c1ncsc1S. The molecule has 1 aromatic heterocycles. The van der Waals surface area contributed by atoms with E-state index in [1.54, 1.807) is 11.3 Å². The van der Waals surface area contributed by atoms with Crippen LogP contribution in [0.4, 0.5) is 0 Å². The zero-order valence-corrected chi connectivity index (χ0v) is 7.17.